The standard InChI is InChI=1S/C13H21N5O3S/c1-19-6-3-14-13(22)17-12-15-10(9-11(16-12)20-2)18-4-7-21-8-5-18/h9H,3-8H2,1-2H3,(H2,14,15,16,17,22). The van der Waals surface area contributed by atoms with E-state index in [1.807, 2.05) is 0 Å². The second kappa shape index (κ2) is 8.66. The van der Waals surface area contributed by atoms with Crippen molar-refractivity contribution >= 4 is 29.1 Å². The number of ether oxygens (including phenoxy) is 3. The molecule has 2 N–H and O–H groups in total. The predicted molar refractivity (Wildman–Crippen MR) is 87.7 cm³/mol. The van der Waals surface area contributed by atoms with Gasteiger partial charge < -0.3 is 29.7 Å². The molecule has 0 atom stereocenters. The molecule has 0 spiro atoms. The molecule has 0 unspecified atom stereocenters. The zero-order valence-electron chi connectivity index (χ0n) is 12.8. The van der Waals surface area contributed by atoms with Crippen LogP contribution in [0.15, 0.2) is 6.07 Å². The van der Waals surface area contributed by atoms with Crippen LogP contribution >= 0.6 is 12.2 Å². The fourth-order valence-electron chi connectivity index (χ4n) is 1.94. The molecular formula is C13H21N5O3S. The molecule has 22 heavy (non-hydrogen) atoms. The number of aromatic nitrogens is 2. The molecular weight excluding hydrogens is 306 g/mol. The van der Waals surface area contributed by atoms with Crippen LogP contribution < -0.4 is 20.3 Å². The molecule has 1 aromatic rings. The molecule has 2 rings (SSSR count). The van der Waals surface area contributed by atoms with Crippen molar-refractivity contribution in [1.29, 1.82) is 0 Å². The van der Waals surface area contributed by atoms with Gasteiger partial charge in [-0.1, -0.05) is 0 Å². The lowest BCUT2D eigenvalue weighted by Crippen LogP contribution is -2.37. The molecule has 0 aliphatic carbocycles. The molecule has 1 fully saturated rings. The average Bonchev–Trinajstić information content (AvgIpc) is 2.55. The predicted octanol–water partition coefficient (Wildman–Crippen LogP) is 0.255. The van der Waals surface area contributed by atoms with Gasteiger partial charge in [0.05, 0.1) is 26.9 Å². The highest BCUT2D eigenvalue weighted by atomic mass is 32.1. The zero-order valence-corrected chi connectivity index (χ0v) is 13.6. The lowest BCUT2D eigenvalue weighted by atomic mass is 10.4. The van der Waals surface area contributed by atoms with E-state index in [9.17, 15) is 0 Å². The van der Waals surface area contributed by atoms with E-state index < -0.39 is 0 Å². The van der Waals surface area contributed by atoms with E-state index in [1.54, 1.807) is 20.3 Å². The number of rotatable bonds is 6. The molecule has 8 nitrogen and oxygen atoms in total. The third-order valence-corrected chi connectivity index (χ3v) is 3.30. The highest BCUT2D eigenvalue weighted by Crippen LogP contribution is 2.20. The van der Waals surface area contributed by atoms with Gasteiger partial charge in [-0.25, -0.2) is 0 Å². The van der Waals surface area contributed by atoms with Crippen LogP contribution in [0.4, 0.5) is 11.8 Å². The maximum atomic E-state index is 5.35. The van der Waals surface area contributed by atoms with E-state index in [-0.39, 0.29) is 0 Å². The molecule has 1 aliphatic rings. The largest absolute Gasteiger partial charge is 0.481 e. The summed E-state index contributed by atoms with van der Waals surface area (Å²) in [5.41, 5.74) is 0. The van der Waals surface area contributed by atoms with Crippen molar-refractivity contribution in [3.63, 3.8) is 0 Å². The monoisotopic (exact) mass is 327 g/mol. The van der Waals surface area contributed by atoms with Crippen molar-refractivity contribution < 1.29 is 14.2 Å². The van der Waals surface area contributed by atoms with Gasteiger partial charge in [-0.05, 0) is 12.2 Å². The first-order chi connectivity index (χ1) is 10.7. The summed E-state index contributed by atoms with van der Waals surface area (Å²) in [4.78, 5) is 10.9. The summed E-state index contributed by atoms with van der Waals surface area (Å²) >= 11 is 5.20. The van der Waals surface area contributed by atoms with Gasteiger partial charge in [0.25, 0.3) is 0 Å². The number of methoxy groups -OCH3 is 2. The third-order valence-electron chi connectivity index (χ3n) is 3.05. The Morgan fingerprint density at radius 3 is 2.82 bits per heavy atom. The lowest BCUT2D eigenvalue weighted by Gasteiger charge is -2.28. The van der Waals surface area contributed by atoms with Gasteiger partial charge in [-0.3, -0.25) is 0 Å². The van der Waals surface area contributed by atoms with Crippen LogP contribution in [-0.4, -0.2) is 68.8 Å². The first-order valence-electron chi connectivity index (χ1n) is 7.02. The van der Waals surface area contributed by atoms with Crippen molar-refractivity contribution in [2.75, 3.05) is 63.9 Å². The Bertz CT molecular complexity index is 497. The molecule has 0 radical (unpaired) electrons. The van der Waals surface area contributed by atoms with Crippen LogP contribution in [0.25, 0.3) is 0 Å². The number of anilines is 2. The first-order valence-corrected chi connectivity index (χ1v) is 7.43. The molecule has 122 valence electrons. The van der Waals surface area contributed by atoms with Crippen LogP contribution in [0.3, 0.4) is 0 Å². The minimum absolute atomic E-state index is 0.399. The molecule has 1 saturated heterocycles. The van der Waals surface area contributed by atoms with Gasteiger partial charge in [0, 0.05) is 32.8 Å². The van der Waals surface area contributed by atoms with Crippen molar-refractivity contribution in [1.82, 2.24) is 15.3 Å². The van der Waals surface area contributed by atoms with E-state index in [0.29, 0.717) is 43.3 Å². The first kappa shape index (κ1) is 16.7. The molecule has 0 aromatic carbocycles. The van der Waals surface area contributed by atoms with Gasteiger partial charge in [0.1, 0.15) is 5.82 Å². The summed E-state index contributed by atoms with van der Waals surface area (Å²) < 4.78 is 15.5. The van der Waals surface area contributed by atoms with Gasteiger partial charge >= 0.3 is 0 Å². The smallest absolute Gasteiger partial charge is 0.234 e. The van der Waals surface area contributed by atoms with Crippen molar-refractivity contribution in [3.8, 4) is 5.88 Å². The SMILES string of the molecule is COCCNC(=S)Nc1nc(OC)cc(N2CCOCC2)n1. The molecule has 1 aliphatic heterocycles. The topological polar surface area (TPSA) is 80.8 Å². The summed E-state index contributed by atoms with van der Waals surface area (Å²) in [6, 6.07) is 1.80. The highest BCUT2D eigenvalue weighted by molar-refractivity contribution is 7.80. The fraction of sp³-hybridized carbons (Fsp3) is 0.615. The number of nitrogens with one attached hydrogen (secondary N) is 2. The third kappa shape index (κ3) is 4.93. The maximum Gasteiger partial charge on any atom is 0.234 e. The Kier molecular flexibility index (Phi) is 6.56. The van der Waals surface area contributed by atoms with Crippen LogP contribution in [-0.2, 0) is 9.47 Å². The molecule has 1 aromatic heterocycles. The second-order valence-electron chi connectivity index (χ2n) is 4.57. The van der Waals surface area contributed by atoms with Crippen molar-refractivity contribution in [2.45, 2.75) is 0 Å². The normalized spacial score (nSPS) is 14.5. The number of morpholine rings is 1. The van der Waals surface area contributed by atoms with E-state index >= 15 is 0 Å². The van der Waals surface area contributed by atoms with Crippen molar-refractivity contribution in [2.24, 2.45) is 0 Å². The Labute approximate surface area is 135 Å². The maximum absolute atomic E-state index is 5.35. The van der Waals surface area contributed by atoms with Crippen LogP contribution in [0, 0.1) is 0 Å². The molecule has 9 heteroatoms. The number of hydrogen-bond donors (Lipinski definition) is 2. The molecule has 2 heterocycles. The van der Waals surface area contributed by atoms with Crippen LogP contribution in [0.2, 0.25) is 0 Å². The molecule has 0 saturated carbocycles. The minimum atomic E-state index is 0.399. The minimum Gasteiger partial charge on any atom is -0.481 e. The van der Waals surface area contributed by atoms with Gasteiger partial charge in [0.2, 0.25) is 11.8 Å². The summed E-state index contributed by atoms with van der Waals surface area (Å²) in [5.74, 6) is 1.67. The average molecular weight is 327 g/mol. The number of nitrogens with zero attached hydrogens (tertiary/aromatic N) is 3. The summed E-state index contributed by atoms with van der Waals surface area (Å²) in [7, 11) is 3.21. The zero-order chi connectivity index (χ0) is 15.8. The Morgan fingerprint density at radius 2 is 2.14 bits per heavy atom. The lowest BCUT2D eigenvalue weighted by molar-refractivity contribution is 0.122. The summed E-state index contributed by atoms with van der Waals surface area (Å²) in [5, 5.41) is 6.41. The summed E-state index contributed by atoms with van der Waals surface area (Å²) in [6.07, 6.45) is 0. The molecule has 0 bridgehead atoms. The van der Waals surface area contributed by atoms with E-state index in [0.717, 1.165) is 18.9 Å². The van der Waals surface area contributed by atoms with Crippen LogP contribution in [0.1, 0.15) is 0 Å². The Hall–Kier alpha value is -1.71. The van der Waals surface area contributed by atoms with Gasteiger partial charge in [-0.15, -0.1) is 0 Å². The Balaban J connectivity index is 2.04. The summed E-state index contributed by atoms with van der Waals surface area (Å²) in [6.45, 7) is 4.13. The quantitative estimate of drug-likeness (QED) is 0.564. The highest BCUT2D eigenvalue weighted by Gasteiger charge is 2.15. The number of hydrogen-bond acceptors (Lipinski definition) is 7. The fourth-order valence-corrected chi connectivity index (χ4v) is 2.13. The van der Waals surface area contributed by atoms with Gasteiger partial charge in [0.15, 0.2) is 5.11 Å². The van der Waals surface area contributed by atoms with Crippen LogP contribution in [0.5, 0.6) is 5.88 Å². The molecule has 0 amide bonds. The van der Waals surface area contributed by atoms with E-state index in [1.165, 1.54) is 0 Å². The van der Waals surface area contributed by atoms with E-state index in [2.05, 4.69) is 25.5 Å². The van der Waals surface area contributed by atoms with Gasteiger partial charge in [-0.2, -0.15) is 9.97 Å². The second-order valence-corrected chi connectivity index (χ2v) is 4.97. The van der Waals surface area contributed by atoms with E-state index in [4.69, 9.17) is 26.4 Å². The number of thiocarbonyl (C=S) groups is 1. The van der Waals surface area contributed by atoms with Crippen molar-refractivity contribution in [3.05, 3.63) is 6.07 Å². The Morgan fingerprint density at radius 1 is 1.36 bits per heavy atom.